The van der Waals surface area contributed by atoms with Crippen molar-refractivity contribution >= 4 is 22.8 Å². The van der Waals surface area contributed by atoms with Gasteiger partial charge in [0.05, 0.1) is 17.6 Å². The number of halogens is 3. The van der Waals surface area contributed by atoms with Crippen molar-refractivity contribution < 1.29 is 27.4 Å². The van der Waals surface area contributed by atoms with Crippen molar-refractivity contribution in [2.24, 2.45) is 0 Å². The molecule has 0 atom stereocenters. The van der Waals surface area contributed by atoms with Crippen LogP contribution in [0.25, 0.3) is 11.0 Å². The van der Waals surface area contributed by atoms with Gasteiger partial charge in [0, 0.05) is 17.7 Å². The first kappa shape index (κ1) is 19.7. The number of fused-ring (bicyclic) bond motifs is 1. The van der Waals surface area contributed by atoms with Gasteiger partial charge in [0.15, 0.2) is 0 Å². The molecular weight excluding hydrogens is 411 g/mol. The fourth-order valence-corrected chi connectivity index (χ4v) is 4.50. The zero-order valence-electron chi connectivity index (χ0n) is 16.5. The molecule has 1 aliphatic heterocycles. The lowest BCUT2D eigenvalue weighted by Gasteiger charge is -2.34. The maximum absolute atomic E-state index is 12.5. The number of carbonyl (C=O) groups is 1. The van der Waals surface area contributed by atoms with Gasteiger partial charge in [-0.2, -0.15) is 0 Å². The van der Waals surface area contributed by atoms with E-state index >= 15 is 0 Å². The van der Waals surface area contributed by atoms with Crippen LogP contribution in [0.15, 0.2) is 48.5 Å². The van der Waals surface area contributed by atoms with Crippen molar-refractivity contribution in [3.05, 3.63) is 54.4 Å². The summed E-state index contributed by atoms with van der Waals surface area (Å²) in [6.45, 7) is 0.515. The van der Waals surface area contributed by atoms with Crippen LogP contribution in [0.1, 0.15) is 37.4 Å². The number of alkyl halides is 3. The van der Waals surface area contributed by atoms with Crippen molar-refractivity contribution in [2.45, 2.75) is 43.6 Å². The first-order valence-electron chi connectivity index (χ1n) is 10.1. The first-order valence-corrected chi connectivity index (χ1v) is 10.1. The highest BCUT2D eigenvalue weighted by molar-refractivity contribution is 5.90. The normalized spacial score (nSPS) is 24.0. The largest absolute Gasteiger partial charge is 0.573 e. The van der Waals surface area contributed by atoms with Crippen LogP contribution in [0.4, 0.5) is 23.7 Å². The van der Waals surface area contributed by atoms with Crippen LogP contribution in [0, 0.1) is 0 Å². The van der Waals surface area contributed by atoms with Gasteiger partial charge in [-0.05, 0) is 49.9 Å². The Bertz CT molecular complexity index is 1110. The number of carbonyl (C=O) groups excluding carboxylic acids is 1. The molecule has 1 saturated carbocycles. The Morgan fingerprint density at radius 2 is 1.87 bits per heavy atom. The Balaban J connectivity index is 1.28. The van der Waals surface area contributed by atoms with Crippen LogP contribution in [0.2, 0.25) is 0 Å². The molecule has 2 aliphatic rings. The lowest BCUT2D eigenvalue weighted by atomic mass is 9.78. The number of ether oxygens (including phenoxy) is 2. The molecule has 2 fully saturated rings. The van der Waals surface area contributed by atoms with Gasteiger partial charge in [0.2, 0.25) is 0 Å². The number of para-hydroxylation sites is 1. The summed E-state index contributed by atoms with van der Waals surface area (Å²) in [5.41, 5.74) is 1.40. The molecule has 162 valence electrons. The van der Waals surface area contributed by atoms with Crippen LogP contribution in [0.5, 0.6) is 5.75 Å². The van der Waals surface area contributed by atoms with E-state index in [4.69, 9.17) is 4.74 Å². The number of hydrogen-bond donors (Lipinski definition) is 1. The predicted molar refractivity (Wildman–Crippen MR) is 107 cm³/mol. The molecule has 3 aromatic rings. The fourth-order valence-electron chi connectivity index (χ4n) is 4.50. The van der Waals surface area contributed by atoms with Crippen LogP contribution in [-0.2, 0) is 4.74 Å². The number of benzene rings is 2. The molecule has 1 aliphatic carbocycles. The van der Waals surface area contributed by atoms with E-state index in [1.54, 1.807) is 4.90 Å². The summed E-state index contributed by atoms with van der Waals surface area (Å²) in [4.78, 5) is 21.8. The summed E-state index contributed by atoms with van der Waals surface area (Å²) in [5, 5.41) is 0. The van der Waals surface area contributed by atoms with Gasteiger partial charge in [-0.1, -0.05) is 18.2 Å². The molecule has 0 radical (unpaired) electrons. The van der Waals surface area contributed by atoms with E-state index in [1.807, 2.05) is 30.3 Å². The summed E-state index contributed by atoms with van der Waals surface area (Å²) < 4.78 is 47.1. The second-order valence-electron chi connectivity index (χ2n) is 8.10. The van der Waals surface area contributed by atoms with Crippen molar-refractivity contribution in [3.8, 4) is 5.75 Å². The van der Waals surface area contributed by atoms with E-state index in [1.165, 1.54) is 18.2 Å². The van der Waals surface area contributed by atoms with Gasteiger partial charge in [0.25, 0.3) is 0 Å². The molecule has 2 aromatic carbocycles. The van der Waals surface area contributed by atoms with Gasteiger partial charge in [-0.15, -0.1) is 13.2 Å². The summed E-state index contributed by atoms with van der Waals surface area (Å²) in [6.07, 6.45) is -2.14. The molecule has 1 N–H and O–H groups in total. The zero-order chi connectivity index (χ0) is 21.6. The first-order chi connectivity index (χ1) is 14.8. The molecule has 1 saturated heterocycles. The topological polar surface area (TPSA) is 67.5 Å². The Hall–Kier alpha value is -3.23. The summed E-state index contributed by atoms with van der Waals surface area (Å²) in [6, 6.07) is 13.5. The van der Waals surface area contributed by atoms with E-state index in [0.29, 0.717) is 30.4 Å². The number of anilines is 1. The second-order valence-corrected chi connectivity index (χ2v) is 8.10. The number of H-pyrrole nitrogens is 1. The molecule has 0 bridgehead atoms. The van der Waals surface area contributed by atoms with E-state index in [0.717, 1.165) is 24.4 Å². The Labute approximate surface area is 176 Å². The number of hydrogen-bond acceptors (Lipinski definition) is 4. The van der Waals surface area contributed by atoms with Gasteiger partial charge in [-0.3, -0.25) is 4.90 Å². The van der Waals surface area contributed by atoms with Crippen LogP contribution in [-0.4, -0.2) is 34.6 Å². The molecule has 1 amide bonds. The second kappa shape index (κ2) is 7.18. The maximum atomic E-state index is 12.5. The molecule has 0 unspecified atom stereocenters. The minimum atomic E-state index is -4.74. The smallest absolute Gasteiger partial charge is 0.441 e. The quantitative estimate of drug-likeness (QED) is 0.593. The average Bonchev–Trinajstić information content (AvgIpc) is 3.29. The van der Waals surface area contributed by atoms with Gasteiger partial charge < -0.3 is 14.5 Å². The highest BCUT2D eigenvalue weighted by Gasteiger charge is 2.48. The molecular formula is C22H20F3N3O3. The number of nitrogens with zero attached hydrogens (tertiary/aromatic N) is 2. The number of aromatic nitrogens is 2. The highest BCUT2D eigenvalue weighted by Crippen LogP contribution is 2.43. The van der Waals surface area contributed by atoms with E-state index < -0.39 is 12.0 Å². The molecule has 1 spiro atoms. The van der Waals surface area contributed by atoms with Crippen LogP contribution >= 0.6 is 0 Å². The van der Waals surface area contributed by atoms with E-state index in [2.05, 4.69) is 14.7 Å². The fraction of sp³-hybridized carbons (Fsp3) is 0.364. The van der Waals surface area contributed by atoms with E-state index in [9.17, 15) is 18.0 Å². The molecule has 9 heteroatoms. The average molecular weight is 431 g/mol. The molecule has 1 aromatic heterocycles. The zero-order valence-corrected chi connectivity index (χ0v) is 16.5. The minimum Gasteiger partial charge on any atom is -0.441 e. The SMILES string of the molecule is O=C1O[C@]2(CC[C@H](c3nc4cc(OC(F)(F)F)ccc4[nH]3)CC2)CN1c1ccccc1. The Morgan fingerprint density at radius 1 is 1.13 bits per heavy atom. The molecule has 5 rings (SSSR count). The number of imidazole rings is 1. The predicted octanol–water partition coefficient (Wildman–Crippen LogP) is 5.51. The summed E-state index contributed by atoms with van der Waals surface area (Å²) in [7, 11) is 0. The third kappa shape index (κ3) is 3.92. The van der Waals surface area contributed by atoms with Gasteiger partial charge >= 0.3 is 12.5 Å². The number of amides is 1. The van der Waals surface area contributed by atoms with Crippen molar-refractivity contribution in [3.63, 3.8) is 0 Å². The van der Waals surface area contributed by atoms with Gasteiger partial charge in [-0.25, -0.2) is 9.78 Å². The molecule has 6 nitrogen and oxygen atoms in total. The van der Waals surface area contributed by atoms with Crippen molar-refractivity contribution in [1.29, 1.82) is 0 Å². The highest BCUT2D eigenvalue weighted by atomic mass is 19.4. The summed E-state index contributed by atoms with van der Waals surface area (Å²) >= 11 is 0. The van der Waals surface area contributed by atoms with Crippen LogP contribution in [0.3, 0.4) is 0 Å². The third-order valence-corrected chi connectivity index (χ3v) is 6.03. The van der Waals surface area contributed by atoms with Crippen molar-refractivity contribution in [1.82, 2.24) is 9.97 Å². The molecule has 31 heavy (non-hydrogen) atoms. The minimum absolute atomic E-state index is 0.120. The molecule has 2 heterocycles. The lowest BCUT2D eigenvalue weighted by Crippen LogP contribution is -2.38. The number of rotatable bonds is 3. The number of aromatic amines is 1. The van der Waals surface area contributed by atoms with E-state index in [-0.39, 0.29) is 17.8 Å². The van der Waals surface area contributed by atoms with Gasteiger partial charge in [0.1, 0.15) is 17.2 Å². The van der Waals surface area contributed by atoms with Crippen molar-refractivity contribution in [2.75, 3.05) is 11.4 Å². The maximum Gasteiger partial charge on any atom is 0.573 e. The monoisotopic (exact) mass is 431 g/mol. The Kier molecular flexibility index (Phi) is 4.56. The third-order valence-electron chi connectivity index (χ3n) is 6.03. The summed E-state index contributed by atoms with van der Waals surface area (Å²) in [5.74, 6) is 0.562. The Morgan fingerprint density at radius 3 is 2.58 bits per heavy atom. The number of nitrogens with one attached hydrogen (secondary N) is 1. The van der Waals surface area contributed by atoms with Crippen LogP contribution < -0.4 is 9.64 Å². The standard InChI is InChI=1S/C22H20F3N3O3/c23-22(24,25)30-16-6-7-17-18(12-16)27-19(26-17)14-8-10-21(11-9-14)13-28(20(29)31-21)15-4-2-1-3-5-15/h1-7,12,14H,8-11,13H2,(H,26,27)/t14-,21-. The lowest BCUT2D eigenvalue weighted by molar-refractivity contribution is -0.274.